The Morgan fingerprint density at radius 2 is 1.62 bits per heavy atom. The van der Waals surface area contributed by atoms with E-state index in [1.54, 1.807) is 0 Å². The summed E-state index contributed by atoms with van der Waals surface area (Å²) in [5, 5.41) is 0. The second-order valence-electron chi connectivity index (χ2n) is 4.39. The van der Waals surface area contributed by atoms with E-state index in [1.165, 1.54) is 0 Å². The lowest BCUT2D eigenvalue weighted by molar-refractivity contribution is -0.223. The molecule has 0 saturated carbocycles. The SMILES string of the molecule is c1ccc(C2OCC3(CO2)CSSC3)cc1. The fourth-order valence-corrected chi connectivity index (χ4v) is 5.27. The summed E-state index contributed by atoms with van der Waals surface area (Å²) < 4.78 is 11.7. The zero-order valence-electron chi connectivity index (χ0n) is 8.93. The third-order valence-electron chi connectivity index (χ3n) is 2.97. The first-order valence-corrected chi connectivity index (χ1v) is 7.89. The normalized spacial score (nSPS) is 25.0. The highest BCUT2D eigenvalue weighted by molar-refractivity contribution is 8.77. The smallest absolute Gasteiger partial charge is 0.183 e. The zero-order valence-corrected chi connectivity index (χ0v) is 10.6. The Hall–Kier alpha value is -0.160. The summed E-state index contributed by atoms with van der Waals surface area (Å²) in [6, 6.07) is 10.2. The number of ether oxygens (including phenoxy) is 2. The Kier molecular flexibility index (Phi) is 3.16. The predicted molar refractivity (Wildman–Crippen MR) is 68.4 cm³/mol. The van der Waals surface area contributed by atoms with Crippen molar-refractivity contribution in [3.05, 3.63) is 35.9 Å². The maximum Gasteiger partial charge on any atom is 0.183 e. The van der Waals surface area contributed by atoms with Gasteiger partial charge in [-0.25, -0.2) is 0 Å². The third-order valence-corrected chi connectivity index (χ3v) is 5.80. The Labute approximate surface area is 103 Å². The van der Waals surface area contributed by atoms with Gasteiger partial charge in [-0.15, -0.1) is 0 Å². The molecule has 0 aromatic heterocycles. The van der Waals surface area contributed by atoms with Crippen molar-refractivity contribution in [3.8, 4) is 0 Å². The van der Waals surface area contributed by atoms with Gasteiger partial charge in [0, 0.05) is 22.5 Å². The Bertz CT molecular complexity index is 339. The fraction of sp³-hybridized carbons (Fsp3) is 0.500. The lowest BCUT2D eigenvalue weighted by Crippen LogP contribution is -2.40. The van der Waals surface area contributed by atoms with E-state index in [4.69, 9.17) is 9.47 Å². The van der Waals surface area contributed by atoms with Crippen molar-refractivity contribution >= 4 is 21.6 Å². The molecule has 0 N–H and O–H groups in total. The van der Waals surface area contributed by atoms with Gasteiger partial charge in [-0.2, -0.15) is 0 Å². The van der Waals surface area contributed by atoms with Crippen molar-refractivity contribution in [1.82, 2.24) is 0 Å². The minimum Gasteiger partial charge on any atom is -0.348 e. The summed E-state index contributed by atoms with van der Waals surface area (Å²) >= 11 is 0. The summed E-state index contributed by atoms with van der Waals surface area (Å²) in [5.74, 6) is 2.30. The van der Waals surface area contributed by atoms with Crippen LogP contribution in [0.25, 0.3) is 0 Å². The van der Waals surface area contributed by atoms with E-state index in [-0.39, 0.29) is 11.7 Å². The van der Waals surface area contributed by atoms with Crippen LogP contribution < -0.4 is 0 Å². The number of hydrogen-bond donors (Lipinski definition) is 0. The molecule has 0 atom stereocenters. The fourth-order valence-electron chi connectivity index (χ4n) is 1.94. The second kappa shape index (κ2) is 4.61. The molecule has 0 radical (unpaired) electrons. The Balaban J connectivity index is 1.66. The minimum atomic E-state index is -0.164. The molecule has 0 amide bonds. The summed E-state index contributed by atoms with van der Waals surface area (Å²) in [6.07, 6.45) is -0.164. The minimum absolute atomic E-state index is 0.164. The van der Waals surface area contributed by atoms with Crippen molar-refractivity contribution in [1.29, 1.82) is 0 Å². The Morgan fingerprint density at radius 3 is 2.25 bits per heavy atom. The molecule has 2 fully saturated rings. The van der Waals surface area contributed by atoms with Crippen molar-refractivity contribution in [2.75, 3.05) is 24.7 Å². The van der Waals surface area contributed by atoms with Crippen LogP contribution in [0.3, 0.4) is 0 Å². The van der Waals surface area contributed by atoms with Crippen LogP contribution in [0.4, 0.5) is 0 Å². The highest BCUT2D eigenvalue weighted by Gasteiger charge is 2.40. The molecule has 1 spiro atoms. The van der Waals surface area contributed by atoms with Gasteiger partial charge in [0.15, 0.2) is 6.29 Å². The summed E-state index contributed by atoms with van der Waals surface area (Å²) in [7, 11) is 3.87. The van der Waals surface area contributed by atoms with Gasteiger partial charge in [-0.3, -0.25) is 0 Å². The van der Waals surface area contributed by atoms with Gasteiger partial charge >= 0.3 is 0 Å². The lowest BCUT2D eigenvalue weighted by Gasteiger charge is -2.36. The van der Waals surface area contributed by atoms with E-state index in [2.05, 4.69) is 12.1 Å². The first-order chi connectivity index (χ1) is 7.88. The van der Waals surface area contributed by atoms with Crippen molar-refractivity contribution in [3.63, 3.8) is 0 Å². The molecule has 3 rings (SSSR count). The van der Waals surface area contributed by atoms with Crippen LogP contribution >= 0.6 is 21.6 Å². The highest BCUT2D eigenvalue weighted by atomic mass is 33.1. The molecular weight excluding hydrogens is 240 g/mol. The molecule has 0 aliphatic carbocycles. The topological polar surface area (TPSA) is 18.5 Å². The van der Waals surface area contributed by atoms with E-state index in [1.807, 2.05) is 39.8 Å². The molecule has 1 aromatic carbocycles. The maximum atomic E-state index is 5.85. The first kappa shape index (κ1) is 11.0. The van der Waals surface area contributed by atoms with Crippen LogP contribution in [0.1, 0.15) is 11.9 Å². The largest absolute Gasteiger partial charge is 0.348 e. The van der Waals surface area contributed by atoms with Crippen LogP contribution in [0.5, 0.6) is 0 Å². The average Bonchev–Trinajstić information content (AvgIpc) is 2.80. The van der Waals surface area contributed by atoms with Gasteiger partial charge in [-0.05, 0) is 0 Å². The van der Waals surface area contributed by atoms with Gasteiger partial charge in [0.1, 0.15) is 0 Å². The number of benzene rings is 1. The monoisotopic (exact) mass is 254 g/mol. The van der Waals surface area contributed by atoms with Crippen LogP contribution in [0.2, 0.25) is 0 Å². The lowest BCUT2D eigenvalue weighted by atomic mass is 9.94. The standard InChI is InChI=1S/C12H14O2S2/c1-2-4-10(5-3-1)11-13-6-12(7-14-11)8-15-16-9-12/h1-5,11H,6-9H2. The molecule has 2 heterocycles. The maximum absolute atomic E-state index is 5.85. The molecule has 16 heavy (non-hydrogen) atoms. The molecule has 0 unspecified atom stereocenters. The van der Waals surface area contributed by atoms with Crippen LogP contribution in [-0.2, 0) is 9.47 Å². The van der Waals surface area contributed by atoms with Crippen molar-refractivity contribution in [2.24, 2.45) is 5.41 Å². The molecule has 2 aliphatic heterocycles. The predicted octanol–water partition coefficient (Wildman–Crippen LogP) is 3.11. The molecular formula is C12H14O2S2. The molecule has 4 heteroatoms. The number of rotatable bonds is 1. The van der Waals surface area contributed by atoms with Gasteiger partial charge in [0.25, 0.3) is 0 Å². The summed E-state index contributed by atoms with van der Waals surface area (Å²) in [4.78, 5) is 0. The average molecular weight is 254 g/mol. The summed E-state index contributed by atoms with van der Waals surface area (Å²) in [6.45, 7) is 1.65. The van der Waals surface area contributed by atoms with E-state index < -0.39 is 0 Å². The molecule has 2 aliphatic rings. The van der Waals surface area contributed by atoms with Gasteiger partial charge in [-0.1, -0.05) is 51.9 Å². The third kappa shape index (κ3) is 2.12. The van der Waals surface area contributed by atoms with E-state index >= 15 is 0 Å². The molecule has 2 nitrogen and oxygen atoms in total. The van der Waals surface area contributed by atoms with Crippen molar-refractivity contribution in [2.45, 2.75) is 6.29 Å². The van der Waals surface area contributed by atoms with Crippen LogP contribution in [0, 0.1) is 5.41 Å². The van der Waals surface area contributed by atoms with Gasteiger partial charge in [0.2, 0.25) is 0 Å². The molecule has 0 bridgehead atoms. The number of hydrogen-bond acceptors (Lipinski definition) is 4. The molecule has 86 valence electrons. The van der Waals surface area contributed by atoms with E-state index in [9.17, 15) is 0 Å². The van der Waals surface area contributed by atoms with Crippen LogP contribution in [-0.4, -0.2) is 24.7 Å². The first-order valence-electron chi connectivity index (χ1n) is 5.41. The van der Waals surface area contributed by atoms with Crippen LogP contribution in [0.15, 0.2) is 30.3 Å². The van der Waals surface area contributed by atoms with E-state index in [0.29, 0.717) is 0 Å². The molecule has 1 aromatic rings. The zero-order chi connectivity index (χ0) is 10.8. The quantitative estimate of drug-likeness (QED) is 0.716. The van der Waals surface area contributed by atoms with Gasteiger partial charge in [0.05, 0.1) is 13.2 Å². The second-order valence-corrected chi connectivity index (χ2v) is 6.85. The summed E-state index contributed by atoms with van der Waals surface area (Å²) in [5.41, 5.74) is 1.39. The van der Waals surface area contributed by atoms with E-state index in [0.717, 1.165) is 30.3 Å². The Morgan fingerprint density at radius 1 is 1.00 bits per heavy atom. The van der Waals surface area contributed by atoms with Crippen molar-refractivity contribution < 1.29 is 9.47 Å². The van der Waals surface area contributed by atoms with Gasteiger partial charge < -0.3 is 9.47 Å². The molecule has 2 saturated heterocycles. The highest BCUT2D eigenvalue weighted by Crippen LogP contribution is 2.46.